The van der Waals surface area contributed by atoms with Gasteiger partial charge in [-0.3, -0.25) is 14.4 Å². The van der Waals surface area contributed by atoms with Crippen molar-refractivity contribution in [3.63, 3.8) is 0 Å². The first kappa shape index (κ1) is 21.2. The molecule has 1 unspecified atom stereocenters. The molecule has 31 heavy (non-hydrogen) atoms. The van der Waals surface area contributed by atoms with Gasteiger partial charge in [0.05, 0.1) is 18.0 Å². The maximum Gasteiger partial charge on any atom is 0.269 e. The van der Waals surface area contributed by atoms with Gasteiger partial charge in [0.2, 0.25) is 11.8 Å². The summed E-state index contributed by atoms with van der Waals surface area (Å²) in [5.74, 6) is -1.30. The van der Waals surface area contributed by atoms with E-state index in [-0.39, 0.29) is 24.1 Å². The van der Waals surface area contributed by atoms with Crippen molar-refractivity contribution in [3.05, 3.63) is 52.5 Å². The van der Waals surface area contributed by atoms with E-state index in [1.165, 1.54) is 29.7 Å². The summed E-state index contributed by atoms with van der Waals surface area (Å²) in [5.41, 5.74) is 1.67. The van der Waals surface area contributed by atoms with Crippen LogP contribution in [-0.2, 0) is 20.8 Å². The number of piperazine rings is 1. The van der Waals surface area contributed by atoms with E-state index in [9.17, 15) is 14.4 Å². The van der Waals surface area contributed by atoms with Crippen LogP contribution in [0.15, 0.2) is 46.8 Å². The largest absolute Gasteiger partial charge is 0.368 e. The monoisotopic (exact) mass is 457 g/mol. The highest BCUT2D eigenvalue weighted by atomic mass is 35.5. The van der Waals surface area contributed by atoms with Crippen LogP contribution < -0.4 is 10.2 Å². The van der Waals surface area contributed by atoms with Crippen molar-refractivity contribution in [3.8, 4) is 0 Å². The number of aliphatic imine (C=N–C) groups is 1. The smallest absolute Gasteiger partial charge is 0.269 e. The highest BCUT2D eigenvalue weighted by Gasteiger charge is 2.23. The standard InChI is InChI=1S/C21H20ClN5O3S/c22-15-2-1-3-17(10-15)26-6-8-27(9-7-26)19(29)11-16-13-31-21(24-16)25-20(30)14-4-5-18(28)23-12-14/h1-5,10,12-14H,6-9,11H2,(H,24,25,30). The molecule has 1 saturated heterocycles. The molecule has 1 atom stereocenters. The molecule has 2 aromatic rings. The van der Waals surface area contributed by atoms with Gasteiger partial charge in [0.1, 0.15) is 0 Å². The number of hydrogen-bond acceptors (Lipinski definition) is 6. The molecule has 1 aromatic heterocycles. The number of anilines is 2. The number of carbonyl (C=O) groups is 3. The summed E-state index contributed by atoms with van der Waals surface area (Å²) in [5, 5.41) is 5.58. The lowest BCUT2D eigenvalue weighted by Gasteiger charge is -2.36. The fraction of sp³-hybridized carbons (Fsp3) is 0.286. The molecule has 2 aliphatic rings. The van der Waals surface area contributed by atoms with Crippen LogP contribution in [-0.4, -0.2) is 60.0 Å². The molecule has 3 amide bonds. The number of hydrogen-bond donors (Lipinski definition) is 1. The number of rotatable bonds is 5. The summed E-state index contributed by atoms with van der Waals surface area (Å²) in [7, 11) is 0. The predicted molar refractivity (Wildman–Crippen MR) is 121 cm³/mol. The maximum absolute atomic E-state index is 12.7. The Morgan fingerprint density at radius 2 is 2.03 bits per heavy atom. The first-order valence-electron chi connectivity index (χ1n) is 9.78. The molecular weight excluding hydrogens is 438 g/mol. The Labute approximate surface area is 188 Å². The second-order valence-electron chi connectivity index (χ2n) is 7.16. The van der Waals surface area contributed by atoms with Gasteiger partial charge >= 0.3 is 0 Å². The van der Waals surface area contributed by atoms with Crippen molar-refractivity contribution in [2.45, 2.75) is 6.42 Å². The van der Waals surface area contributed by atoms with Crippen molar-refractivity contribution in [2.24, 2.45) is 10.9 Å². The summed E-state index contributed by atoms with van der Waals surface area (Å²) < 4.78 is 0. The summed E-state index contributed by atoms with van der Waals surface area (Å²) in [6.45, 7) is 2.74. The molecule has 0 saturated carbocycles. The quantitative estimate of drug-likeness (QED) is 0.744. The average molecular weight is 458 g/mol. The van der Waals surface area contributed by atoms with E-state index in [1.54, 1.807) is 5.38 Å². The van der Waals surface area contributed by atoms with E-state index in [4.69, 9.17) is 11.6 Å². The zero-order valence-corrected chi connectivity index (χ0v) is 18.1. The minimum Gasteiger partial charge on any atom is -0.368 e. The van der Waals surface area contributed by atoms with Crippen LogP contribution >= 0.6 is 22.9 Å². The van der Waals surface area contributed by atoms with Gasteiger partial charge in [-0.25, -0.2) is 9.98 Å². The number of amides is 3. The Balaban J connectivity index is 1.27. The summed E-state index contributed by atoms with van der Waals surface area (Å²) >= 11 is 7.33. The van der Waals surface area contributed by atoms with E-state index in [2.05, 4.69) is 20.2 Å². The third kappa shape index (κ3) is 5.36. The summed E-state index contributed by atoms with van der Waals surface area (Å²) in [4.78, 5) is 48.0. The second-order valence-corrected chi connectivity index (χ2v) is 8.45. The van der Waals surface area contributed by atoms with Gasteiger partial charge in [-0.1, -0.05) is 23.7 Å². The minimum atomic E-state index is -0.609. The van der Waals surface area contributed by atoms with E-state index >= 15 is 0 Å². The molecule has 8 nitrogen and oxygen atoms in total. The van der Waals surface area contributed by atoms with E-state index in [0.29, 0.717) is 28.9 Å². The Morgan fingerprint density at radius 3 is 2.74 bits per heavy atom. The van der Waals surface area contributed by atoms with Crippen LogP contribution in [0, 0.1) is 5.92 Å². The summed E-state index contributed by atoms with van der Waals surface area (Å²) in [6, 6.07) is 7.71. The molecule has 1 N–H and O–H groups in total. The topological polar surface area (TPSA) is 95.0 Å². The molecule has 3 heterocycles. The van der Waals surface area contributed by atoms with Crippen LogP contribution in [0.1, 0.15) is 5.69 Å². The average Bonchev–Trinajstić information content (AvgIpc) is 3.21. The number of benzene rings is 1. The molecule has 10 heteroatoms. The number of nitrogens with one attached hydrogen (secondary N) is 1. The molecule has 0 bridgehead atoms. The number of aromatic nitrogens is 1. The third-order valence-corrected chi connectivity index (χ3v) is 6.07. The fourth-order valence-corrected chi connectivity index (χ4v) is 4.27. The molecule has 2 aliphatic heterocycles. The second kappa shape index (κ2) is 9.40. The SMILES string of the molecule is O=C1C=CC(C(=O)Nc2nc(CC(=O)N3CCN(c4cccc(Cl)c4)CC3)cs2)C=N1. The van der Waals surface area contributed by atoms with Gasteiger partial charge in [0.15, 0.2) is 5.13 Å². The minimum absolute atomic E-state index is 0.00906. The molecule has 1 fully saturated rings. The van der Waals surface area contributed by atoms with Crippen LogP contribution in [0.4, 0.5) is 10.8 Å². The molecule has 0 radical (unpaired) electrons. The van der Waals surface area contributed by atoms with Gasteiger partial charge in [-0.05, 0) is 18.2 Å². The van der Waals surface area contributed by atoms with Crippen molar-refractivity contribution < 1.29 is 14.4 Å². The number of thiazole rings is 1. The number of dihydropyridines is 1. The van der Waals surface area contributed by atoms with E-state index in [0.717, 1.165) is 18.8 Å². The maximum atomic E-state index is 12.7. The number of halogens is 1. The first-order chi connectivity index (χ1) is 15.0. The van der Waals surface area contributed by atoms with Crippen molar-refractivity contribution in [1.29, 1.82) is 0 Å². The molecule has 0 spiro atoms. The zero-order valence-electron chi connectivity index (χ0n) is 16.5. The summed E-state index contributed by atoms with van der Waals surface area (Å²) in [6.07, 6.45) is 4.25. The molecule has 4 rings (SSSR count). The van der Waals surface area contributed by atoms with Crippen molar-refractivity contribution >= 4 is 57.7 Å². The van der Waals surface area contributed by atoms with Gasteiger partial charge in [-0.15, -0.1) is 11.3 Å². The third-order valence-electron chi connectivity index (χ3n) is 5.03. The molecule has 0 aliphatic carbocycles. The van der Waals surface area contributed by atoms with Crippen molar-refractivity contribution in [2.75, 3.05) is 36.4 Å². The van der Waals surface area contributed by atoms with Crippen LogP contribution in [0.5, 0.6) is 0 Å². The van der Waals surface area contributed by atoms with Crippen LogP contribution in [0.25, 0.3) is 0 Å². The van der Waals surface area contributed by atoms with E-state index < -0.39 is 5.92 Å². The first-order valence-corrected chi connectivity index (χ1v) is 11.0. The lowest BCUT2D eigenvalue weighted by atomic mass is 10.1. The Bertz CT molecular complexity index is 1040. The number of nitrogens with zero attached hydrogens (tertiary/aromatic N) is 4. The van der Waals surface area contributed by atoms with Gasteiger partial charge in [0, 0.05) is 54.6 Å². The van der Waals surface area contributed by atoms with Gasteiger partial charge in [-0.2, -0.15) is 0 Å². The highest BCUT2D eigenvalue weighted by Crippen LogP contribution is 2.22. The van der Waals surface area contributed by atoms with E-state index in [1.807, 2.05) is 29.2 Å². The Kier molecular flexibility index (Phi) is 6.43. The molecule has 1 aromatic carbocycles. The van der Waals surface area contributed by atoms with Gasteiger partial charge in [0.25, 0.3) is 5.91 Å². The number of carbonyl (C=O) groups excluding carboxylic acids is 3. The van der Waals surface area contributed by atoms with Crippen LogP contribution in [0.2, 0.25) is 5.02 Å². The predicted octanol–water partition coefficient (Wildman–Crippen LogP) is 2.41. The zero-order chi connectivity index (χ0) is 21.8. The Hall–Kier alpha value is -3.04. The molecular formula is C21H20ClN5O3S. The Morgan fingerprint density at radius 1 is 1.23 bits per heavy atom. The lowest BCUT2D eigenvalue weighted by Crippen LogP contribution is -2.49. The van der Waals surface area contributed by atoms with Crippen molar-refractivity contribution in [1.82, 2.24) is 9.88 Å². The normalized spacial score (nSPS) is 18.4. The lowest BCUT2D eigenvalue weighted by molar-refractivity contribution is -0.130. The van der Waals surface area contributed by atoms with Crippen LogP contribution in [0.3, 0.4) is 0 Å². The molecule has 160 valence electrons. The van der Waals surface area contributed by atoms with Gasteiger partial charge < -0.3 is 15.1 Å². The fourth-order valence-electron chi connectivity index (χ4n) is 3.38. The highest BCUT2D eigenvalue weighted by molar-refractivity contribution is 7.14.